The summed E-state index contributed by atoms with van der Waals surface area (Å²) in [6.45, 7) is 16.0. The second-order valence-corrected chi connectivity index (χ2v) is 17.4. The van der Waals surface area contributed by atoms with Gasteiger partial charge in [-0.1, -0.05) is 41.9 Å². The molecular formula is C48H49ClFN5O5. The molecule has 12 heteroatoms. The van der Waals surface area contributed by atoms with Gasteiger partial charge in [-0.05, 0) is 123 Å². The van der Waals surface area contributed by atoms with Crippen molar-refractivity contribution < 1.29 is 28.2 Å². The summed E-state index contributed by atoms with van der Waals surface area (Å²) in [4.78, 5) is 32.8. The molecule has 3 heterocycles. The minimum absolute atomic E-state index is 0.100. The number of carbonyl (C=O) groups excluding carboxylic acids is 2. The van der Waals surface area contributed by atoms with Crippen molar-refractivity contribution in [2.75, 3.05) is 39.3 Å². The highest BCUT2D eigenvalue weighted by Gasteiger charge is 2.50. The van der Waals surface area contributed by atoms with Crippen LogP contribution in [0.3, 0.4) is 0 Å². The van der Waals surface area contributed by atoms with Gasteiger partial charge in [-0.2, -0.15) is 5.26 Å². The molecule has 4 aliphatic rings. The highest BCUT2D eigenvalue weighted by atomic mass is 35.5. The SMILES string of the molecule is [C-]#[N+]c1cc(C#N)cc(COc2cc(O[C@H]3CCc4c(-c5cccc(OCCCN6CCC(C)(F)CC6)c5C)cccc43)c(Cl)cc2CN2CCC3(CC(=O)NC3=O)C2)c1. The van der Waals surface area contributed by atoms with Gasteiger partial charge in [-0.15, -0.1) is 0 Å². The molecule has 3 fully saturated rings. The third-order valence-electron chi connectivity index (χ3n) is 12.6. The van der Waals surface area contributed by atoms with E-state index in [2.05, 4.69) is 57.2 Å². The van der Waals surface area contributed by atoms with E-state index >= 15 is 0 Å². The topological polar surface area (TPSA) is 108 Å². The molecule has 0 radical (unpaired) electrons. The Hall–Kier alpha value is -5.46. The third kappa shape index (κ3) is 8.86. The van der Waals surface area contributed by atoms with Crippen molar-refractivity contribution in [2.24, 2.45) is 5.41 Å². The van der Waals surface area contributed by atoms with Gasteiger partial charge in [0.05, 0.1) is 29.7 Å². The van der Waals surface area contributed by atoms with Crippen molar-refractivity contribution in [3.8, 4) is 34.4 Å². The summed E-state index contributed by atoms with van der Waals surface area (Å²) in [7, 11) is 0. The molecule has 2 atom stereocenters. The zero-order valence-corrected chi connectivity index (χ0v) is 34.9. The lowest BCUT2D eigenvalue weighted by Crippen LogP contribution is -2.40. The fourth-order valence-electron chi connectivity index (χ4n) is 9.25. The number of nitrogens with one attached hydrogen (secondary N) is 1. The molecule has 4 aromatic carbocycles. The Bertz CT molecular complexity index is 2370. The van der Waals surface area contributed by atoms with Crippen LogP contribution in [0.2, 0.25) is 5.02 Å². The Morgan fingerprint density at radius 2 is 1.77 bits per heavy atom. The van der Waals surface area contributed by atoms with E-state index in [-0.39, 0.29) is 30.9 Å². The first-order valence-electron chi connectivity index (χ1n) is 20.8. The third-order valence-corrected chi connectivity index (χ3v) is 12.9. The average Bonchev–Trinajstić information content (AvgIpc) is 3.92. The van der Waals surface area contributed by atoms with E-state index in [1.807, 2.05) is 24.3 Å². The summed E-state index contributed by atoms with van der Waals surface area (Å²) in [5, 5.41) is 12.5. The first-order valence-corrected chi connectivity index (χ1v) is 21.2. The molecule has 0 aromatic heterocycles. The van der Waals surface area contributed by atoms with Crippen LogP contribution in [0.4, 0.5) is 10.1 Å². The molecule has 1 N–H and O–H groups in total. The molecular weight excluding hydrogens is 781 g/mol. The molecule has 2 amide bonds. The highest BCUT2D eigenvalue weighted by molar-refractivity contribution is 6.32. The van der Waals surface area contributed by atoms with E-state index in [1.54, 1.807) is 25.1 Å². The van der Waals surface area contributed by atoms with E-state index in [9.17, 15) is 19.2 Å². The Kier molecular flexibility index (Phi) is 11.9. The summed E-state index contributed by atoms with van der Waals surface area (Å²) in [6, 6.07) is 23.3. The van der Waals surface area contributed by atoms with E-state index < -0.39 is 11.1 Å². The summed E-state index contributed by atoms with van der Waals surface area (Å²) >= 11 is 7.02. The monoisotopic (exact) mass is 829 g/mol. The standard InChI is InChI=1S/C48H49ClFN5O5/c1-31-36(7-5-10-41(31)58-20-6-16-54-17-13-47(2,50)14-18-54)37-8-4-9-39-38(37)11-12-42(39)60-44-25-43(59-29-33-21-32(27-51)22-35(23-33)52-3)34(24-40(44)49)28-55-19-15-48(30-55)26-45(56)53-46(48)57/h4-5,7-10,21-25,42H,6,11-20,26,28-30H2,1-2H3,(H,53,56,57)/t42-,48?/m0/s1. The van der Waals surface area contributed by atoms with Crippen molar-refractivity contribution in [1.82, 2.24) is 15.1 Å². The Morgan fingerprint density at radius 3 is 2.53 bits per heavy atom. The zero-order valence-electron chi connectivity index (χ0n) is 34.1. The van der Waals surface area contributed by atoms with Gasteiger partial charge in [-0.25, -0.2) is 9.24 Å². The predicted octanol–water partition coefficient (Wildman–Crippen LogP) is 9.21. The number of nitriles is 1. The zero-order chi connectivity index (χ0) is 42.0. The number of piperidine rings is 1. The summed E-state index contributed by atoms with van der Waals surface area (Å²) in [5.74, 6) is 1.41. The number of imide groups is 1. The maximum atomic E-state index is 14.2. The van der Waals surface area contributed by atoms with E-state index in [4.69, 9.17) is 32.4 Å². The number of alkyl halides is 1. The maximum Gasteiger partial charge on any atom is 0.234 e. The van der Waals surface area contributed by atoms with Crippen molar-refractivity contribution in [3.05, 3.63) is 117 Å². The molecule has 0 saturated carbocycles. The number of ether oxygens (including phenoxy) is 3. The van der Waals surface area contributed by atoms with Gasteiger partial charge < -0.3 is 19.1 Å². The Balaban J connectivity index is 0.998. The van der Waals surface area contributed by atoms with Gasteiger partial charge >= 0.3 is 0 Å². The number of carbonyl (C=O) groups is 2. The van der Waals surface area contributed by atoms with Crippen LogP contribution in [-0.2, 0) is 29.2 Å². The molecule has 8 rings (SSSR count). The highest BCUT2D eigenvalue weighted by Crippen LogP contribution is 2.45. The number of hydrogen-bond acceptors (Lipinski definition) is 8. The lowest BCUT2D eigenvalue weighted by molar-refractivity contribution is -0.128. The second kappa shape index (κ2) is 17.3. The summed E-state index contributed by atoms with van der Waals surface area (Å²) in [6.07, 6.45) is 4.12. The number of likely N-dealkylation sites (tertiary alicyclic amines) is 2. The lowest BCUT2D eigenvalue weighted by atomic mass is 9.85. The molecule has 1 unspecified atom stereocenters. The Labute approximate surface area is 356 Å². The quantitative estimate of drug-likeness (QED) is 0.0808. The number of rotatable bonds is 13. The number of benzene rings is 4. The molecule has 310 valence electrons. The molecule has 1 spiro atoms. The molecule has 4 aromatic rings. The molecule has 0 bridgehead atoms. The van der Waals surface area contributed by atoms with Crippen molar-refractivity contribution in [2.45, 2.75) is 83.7 Å². The molecule has 10 nitrogen and oxygen atoms in total. The summed E-state index contributed by atoms with van der Waals surface area (Å²) < 4.78 is 33.8. The Morgan fingerprint density at radius 1 is 0.983 bits per heavy atom. The predicted molar refractivity (Wildman–Crippen MR) is 227 cm³/mol. The van der Waals surface area contributed by atoms with Crippen molar-refractivity contribution >= 4 is 29.1 Å². The van der Waals surface area contributed by atoms with Crippen LogP contribution in [0.1, 0.15) is 84.9 Å². The van der Waals surface area contributed by atoms with Crippen LogP contribution in [0.25, 0.3) is 16.0 Å². The number of hydrogen-bond donors (Lipinski definition) is 1. The minimum atomic E-state index is -1.05. The van der Waals surface area contributed by atoms with Crippen LogP contribution in [0.5, 0.6) is 17.2 Å². The smallest absolute Gasteiger partial charge is 0.234 e. The van der Waals surface area contributed by atoms with Crippen LogP contribution in [-0.4, -0.2) is 66.6 Å². The van der Waals surface area contributed by atoms with Gasteiger partial charge in [-0.3, -0.25) is 19.8 Å². The minimum Gasteiger partial charge on any atom is -0.493 e. The van der Waals surface area contributed by atoms with Crippen LogP contribution in [0.15, 0.2) is 66.7 Å². The lowest BCUT2D eigenvalue weighted by Gasteiger charge is -2.34. The number of nitrogens with zero attached hydrogens (tertiary/aromatic N) is 4. The van der Waals surface area contributed by atoms with Crippen LogP contribution < -0.4 is 19.5 Å². The molecule has 3 aliphatic heterocycles. The first kappa shape index (κ1) is 41.3. The van der Waals surface area contributed by atoms with Gasteiger partial charge in [0.15, 0.2) is 5.69 Å². The fourth-order valence-corrected chi connectivity index (χ4v) is 9.48. The van der Waals surface area contributed by atoms with E-state index in [0.717, 1.165) is 72.5 Å². The van der Waals surface area contributed by atoms with Crippen molar-refractivity contribution in [3.63, 3.8) is 0 Å². The number of halogens is 2. The molecule has 60 heavy (non-hydrogen) atoms. The fraction of sp³-hybridized carbons (Fsp3) is 0.417. The van der Waals surface area contributed by atoms with Crippen molar-refractivity contribution in [1.29, 1.82) is 5.26 Å². The first-order chi connectivity index (χ1) is 28.9. The second-order valence-electron chi connectivity index (χ2n) is 17.0. The number of amides is 2. The van der Waals surface area contributed by atoms with Gasteiger partial charge in [0, 0.05) is 56.3 Å². The maximum absolute atomic E-state index is 14.2. The van der Waals surface area contributed by atoms with Gasteiger partial charge in [0.1, 0.15) is 35.6 Å². The normalized spacial score (nSPS) is 21.1. The van der Waals surface area contributed by atoms with Crippen LogP contribution in [0, 0.1) is 30.2 Å². The average molecular weight is 830 g/mol. The van der Waals surface area contributed by atoms with E-state index in [1.165, 1.54) is 5.56 Å². The number of fused-ring (bicyclic) bond motifs is 1. The van der Waals surface area contributed by atoms with Gasteiger partial charge in [0.25, 0.3) is 0 Å². The largest absolute Gasteiger partial charge is 0.493 e. The molecule has 1 aliphatic carbocycles. The van der Waals surface area contributed by atoms with Crippen LogP contribution >= 0.6 is 11.6 Å². The van der Waals surface area contributed by atoms with Gasteiger partial charge in [0.2, 0.25) is 11.8 Å². The summed E-state index contributed by atoms with van der Waals surface area (Å²) in [5.41, 5.74) is 6.08. The van der Waals surface area contributed by atoms with E-state index in [0.29, 0.717) is 78.8 Å². The molecule has 3 saturated heterocycles.